The highest BCUT2D eigenvalue weighted by Gasteiger charge is 2.15. The smallest absolute Gasteiger partial charge is 0.307 e. The molecule has 0 aliphatic heterocycles. The number of guanidine groups is 1. The van der Waals surface area contributed by atoms with Crippen LogP contribution in [0.5, 0.6) is 0 Å². The lowest BCUT2D eigenvalue weighted by Crippen LogP contribution is -2.43. The Bertz CT molecular complexity index is 253. The number of nitrogens with zero attached hydrogens (tertiary/aromatic N) is 1. The maximum Gasteiger partial charge on any atom is 0.307 e. The number of hydrogen-bond acceptors (Lipinski definition) is 3. The Morgan fingerprint density at radius 2 is 2.06 bits per heavy atom. The molecule has 5 nitrogen and oxygen atoms in total. The van der Waals surface area contributed by atoms with Crippen molar-refractivity contribution in [2.24, 2.45) is 4.99 Å². The molecular formula is C11H22IN3O2. The van der Waals surface area contributed by atoms with Crippen LogP contribution in [-0.4, -0.2) is 38.7 Å². The molecule has 1 fully saturated rings. The van der Waals surface area contributed by atoms with Crippen LogP contribution in [0.2, 0.25) is 0 Å². The van der Waals surface area contributed by atoms with Crippen molar-refractivity contribution >= 4 is 35.9 Å². The molecule has 100 valence electrons. The van der Waals surface area contributed by atoms with Gasteiger partial charge in [0.25, 0.3) is 0 Å². The summed E-state index contributed by atoms with van der Waals surface area (Å²) in [6, 6.07) is 0.532. The van der Waals surface area contributed by atoms with E-state index in [0.29, 0.717) is 19.0 Å². The van der Waals surface area contributed by atoms with Gasteiger partial charge in [-0.05, 0) is 12.8 Å². The van der Waals surface area contributed by atoms with Gasteiger partial charge in [-0.25, -0.2) is 0 Å². The number of aliphatic imine (C=N–C) groups is 1. The van der Waals surface area contributed by atoms with E-state index in [1.165, 1.54) is 32.8 Å². The Balaban J connectivity index is 0.00000256. The molecule has 0 atom stereocenters. The second-order valence-electron chi connectivity index (χ2n) is 3.95. The van der Waals surface area contributed by atoms with Crippen molar-refractivity contribution in [2.45, 2.75) is 38.1 Å². The molecule has 17 heavy (non-hydrogen) atoms. The zero-order valence-corrected chi connectivity index (χ0v) is 12.8. The average Bonchev–Trinajstić information content (AvgIpc) is 2.80. The SMILES string of the molecule is CN=C(NCCC(=O)OC)NC1CCCC1.I. The van der Waals surface area contributed by atoms with Crippen LogP contribution in [0.25, 0.3) is 0 Å². The molecule has 0 spiro atoms. The zero-order valence-electron chi connectivity index (χ0n) is 10.5. The van der Waals surface area contributed by atoms with Crippen molar-refractivity contribution < 1.29 is 9.53 Å². The maximum absolute atomic E-state index is 10.9. The van der Waals surface area contributed by atoms with Gasteiger partial charge >= 0.3 is 5.97 Å². The molecule has 0 saturated heterocycles. The van der Waals surface area contributed by atoms with Gasteiger partial charge in [-0.3, -0.25) is 9.79 Å². The van der Waals surface area contributed by atoms with E-state index in [2.05, 4.69) is 20.4 Å². The fourth-order valence-corrected chi connectivity index (χ4v) is 1.84. The summed E-state index contributed by atoms with van der Waals surface area (Å²) in [6.45, 7) is 0.555. The van der Waals surface area contributed by atoms with Gasteiger partial charge in [0.05, 0.1) is 13.5 Å². The van der Waals surface area contributed by atoms with E-state index in [4.69, 9.17) is 0 Å². The minimum Gasteiger partial charge on any atom is -0.469 e. The molecule has 0 amide bonds. The van der Waals surface area contributed by atoms with Crippen molar-refractivity contribution in [1.29, 1.82) is 0 Å². The average molecular weight is 355 g/mol. The molecule has 6 heteroatoms. The summed E-state index contributed by atoms with van der Waals surface area (Å²) in [5, 5.41) is 6.44. The lowest BCUT2D eigenvalue weighted by Gasteiger charge is -2.16. The fourth-order valence-electron chi connectivity index (χ4n) is 1.84. The third kappa shape index (κ3) is 6.70. The van der Waals surface area contributed by atoms with Gasteiger partial charge in [0, 0.05) is 19.6 Å². The van der Waals surface area contributed by atoms with Crippen molar-refractivity contribution in [2.75, 3.05) is 20.7 Å². The molecule has 1 rings (SSSR count). The largest absolute Gasteiger partial charge is 0.469 e. The van der Waals surface area contributed by atoms with Gasteiger partial charge < -0.3 is 15.4 Å². The van der Waals surface area contributed by atoms with Gasteiger partial charge in [0.15, 0.2) is 5.96 Å². The molecule has 1 saturated carbocycles. The molecule has 2 N–H and O–H groups in total. The van der Waals surface area contributed by atoms with E-state index in [9.17, 15) is 4.79 Å². The Hall–Kier alpha value is -0.530. The minimum absolute atomic E-state index is 0. The van der Waals surface area contributed by atoms with Gasteiger partial charge in [-0.1, -0.05) is 12.8 Å². The summed E-state index contributed by atoms with van der Waals surface area (Å²) in [5.41, 5.74) is 0. The summed E-state index contributed by atoms with van der Waals surface area (Å²) < 4.78 is 4.56. The Morgan fingerprint density at radius 3 is 2.59 bits per heavy atom. The quantitative estimate of drug-likeness (QED) is 0.345. The molecule has 0 aromatic rings. The Labute approximate surface area is 120 Å². The normalized spacial score (nSPS) is 16.2. The highest BCUT2D eigenvalue weighted by atomic mass is 127. The summed E-state index contributed by atoms with van der Waals surface area (Å²) in [5.74, 6) is 0.569. The first-order valence-electron chi connectivity index (χ1n) is 5.80. The van der Waals surface area contributed by atoms with Crippen molar-refractivity contribution in [3.63, 3.8) is 0 Å². The van der Waals surface area contributed by atoms with Crippen LogP contribution in [-0.2, 0) is 9.53 Å². The maximum atomic E-state index is 10.9. The van der Waals surface area contributed by atoms with E-state index >= 15 is 0 Å². The fraction of sp³-hybridized carbons (Fsp3) is 0.818. The summed E-state index contributed by atoms with van der Waals surface area (Å²) in [6.07, 6.45) is 5.35. The van der Waals surface area contributed by atoms with E-state index < -0.39 is 0 Å². The summed E-state index contributed by atoms with van der Waals surface area (Å²) >= 11 is 0. The Kier molecular flexibility index (Phi) is 9.20. The third-order valence-electron chi connectivity index (χ3n) is 2.77. The molecule has 0 unspecified atom stereocenters. The van der Waals surface area contributed by atoms with Crippen LogP contribution in [0.15, 0.2) is 4.99 Å². The molecule has 0 aromatic carbocycles. The standard InChI is InChI=1S/C11H21N3O2.HI/c1-12-11(13-8-7-10(15)16-2)14-9-5-3-4-6-9;/h9H,3-8H2,1-2H3,(H2,12,13,14);1H. The highest BCUT2D eigenvalue weighted by Crippen LogP contribution is 2.17. The topological polar surface area (TPSA) is 62.7 Å². The predicted molar refractivity (Wildman–Crippen MR) is 78.8 cm³/mol. The highest BCUT2D eigenvalue weighted by molar-refractivity contribution is 14.0. The number of esters is 1. The van der Waals surface area contributed by atoms with E-state index in [1.807, 2.05) is 0 Å². The molecule has 0 heterocycles. The van der Waals surface area contributed by atoms with E-state index in [-0.39, 0.29) is 29.9 Å². The van der Waals surface area contributed by atoms with Crippen molar-refractivity contribution in [3.05, 3.63) is 0 Å². The number of halogens is 1. The summed E-state index contributed by atoms with van der Waals surface area (Å²) in [4.78, 5) is 15.0. The van der Waals surface area contributed by atoms with E-state index in [1.54, 1.807) is 7.05 Å². The number of hydrogen-bond donors (Lipinski definition) is 2. The monoisotopic (exact) mass is 355 g/mol. The number of nitrogens with one attached hydrogen (secondary N) is 2. The first kappa shape index (κ1) is 16.5. The van der Waals surface area contributed by atoms with Crippen LogP contribution in [0.4, 0.5) is 0 Å². The Morgan fingerprint density at radius 1 is 1.41 bits per heavy atom. The lowest BCUT2D eigenvalue weighted by molar-refractivity contribution is -0.140. The van der Waals surface area contributed by atoms with Crippen LogP contribution >= 0.6 is 24.0 Å². The minimum atomic E-state index is -0.205. The first-order valence-corrected chi connectivity index (χ1v) is 5.80. The molecule has 0 bridgehead atoms. The van der Waals surface area contributed by atoms with Crippen LogP contribution in [0.3, 0.4) is 0 Å². The van der Waals surface area contributed by atoms with Crippen molar-refractivity contribution in [3.8, 4) is 0 Å². The lowest BCUT2D eigenvalue weighted by atomic mass is 10.2. The van der Waals surface area contributed by atoms with Gasteiger partial charge in [0.2, 0.25) is 0 Å². The summed E-state index contributed by atoms with van der Waals surface area (Å²) in [7, 11) is 3.14. The number of rotatable bonds is 4. The van der Waals surface area contributed by atoms with Crippen molar-refractivity contribution in [1.82, 2.24) is 10.6 Å². The van der Waals surface area contributed by atoms with Crippen LogP contribution in [0, 0.1) is 0 Å². The van der Waals surface area contributed by atoms with Gasteiger partial charge in [-0.15, -0.1) is 24.0 Å². The molecule has 1 aliphatic rings. The zero-order chi connectivity index (χ0) is 11.8. The van der Waals surface area contributed by atoms with E-state index in [0.717, 1.165) is 5.96 Å². The van der Waals surface area contributed by atoms with Crippen LogP contribution < -0.4 is 10.6 Å². The molecule has 1 aliphatic carbocycles. The predicted octanol–water partition coefficient (Wildman–Crippen LogP) is 1.28. The molecular weight excluding hydrogens is 333 g/mol. The first-order chi connectivity index (χ1) is 7.76. The number of carbonyl (C=O) groups excluding carboxylic acids is 1. The van der Waals surface area contributed by atoms with Gasteiger partial charge in [-0.2, -0.15) is 0 Å². The molecule has 0 aromatic heterocycles. The van der Waals surface area contributed by atoms with Gasteiger partial charge in [0.1, 0.15) is 0 Å². The second kappa shape index (κ2) is 9.49. The number of ether oxygens (including phenoxy) is 1. The van der Waals surface area contributed by atoms with Crippen LogP contribution in [0.1, 0.15) is 32.1 Å². The third-order valence-corrected chi connectivity index (χ3v) is 2.77. The number of methoxy groups -OCH3 is 1. The second-order valence-corrected chi connectivity index (χ2v) is 3.95. The molecule has 0 radical (unpaired) electrons. The number of carbonyl (C=O) groups is 1.